The van der Waals surface area contributed by atoms with E-state index >= 15 is 0 Å². The number of nitrogens with zero attached hydrogens (tertiary/aromatic N) is 1. The second-order valence-electron chi connectivity index (χ2n) is 5.29. The van der Waals surface area contributed by atoms with Crippen LogP contribution in [0, 0.1) is 11.7 Å². The van der Waals surface area contributed by atoms with Crippen LogP contribution in [0.4, 0.5) is 10.1 Å². The van der Waals surface area contributed by atoms with E-state index in [1.807, 2.05) is 4.90 Å². The first-order chi connectivity index (χ1) is 10.0. The van der Waals surface area contributed by atoms with Crippen molar-refractivity contribution in [3.8, 4) is 0 Å². The molecule has 1 aliphatic heterocycles. The van der Waals surface area contributed by atoms with Crippen LogP contribution in [0.1, 0.15) is 19.3 Å². The molecule has 2 rings (SSSR count). The average molecular weight is 331 g/mol. The number of hydrogen-bond donors (Lipinski definition) is 2. The SMILES string of the molecule is Cl.O=C(CCN1CCCC(C(=O)O)C1)Nc1cccc(F)c1. The Bertz CT molecular complexity index is 527. The van der Waals surface area contributed by atoms with Gasteiger partial charge in [-0.05, 0) is 37.6 Å². The van der Waals surface area contributed by atoms with Gasteiger partial charge in [-0.25, -0.2) is 4.39 Å². The number of likely N-dealkylation sites (tertiary alicyclic amines) is 1. The number of rotatable bonds is 5. The number of carboxylic acids is 1. The van der Waals surface area contributed by atoms with Gasteiger partial charge in [-0.3, -0.25) is 9.59 Å². The van der Waals surface area contributed by atoms with Gasteiger partial charge in [0, 0.05) is 25.2 Å². The van der Waals surface area contributed by atoms with Gasteiger partial charge in [0.25, 0.3) is 0 Å². The molecule has 1 aromatic rings. The monoisotopic (exact) mass is 330 g/mol. The Labute approximate surface area is 134 Å². The molecule has 1 fully saturated rings. The molecule has 0 saturated carbocycles. The van der Waals surface area contributed by atoms with Gasteiger partial charge in [0.15, 0.2) is 0 Å². The lowest BCUT2D eigenvalue weighted by atomic mass is 9.98. The van der Waals surface area contributed by atoms with Crippen LogP contribution in [0.25, 0.3) is 0 Å². The molecular formula is C15H20ClFN2O3. The van der Waals surface area contributed by atoms with Crippen LogP contribution in [0.15, 0.2) is 24.3 Å². The van der Waals surface area contributed by atoms with Gasteiger partial charge >= 0.3 is 5.97 Å². The summed E-state index contributed by atoms with van der Waals surface area (Å²) >= 11 is 0. The zero-order valence-electron chi connectivity index (χ0n) is 12.1. The quantitative estimate of drug-likeness (QED) is 0.869. The second kappa shape index (κ2) is 8.70. The fourth-order valence-corrected chi connectivity index (χ4v) is 2.51. The Kier molecular flexibility index (Phi) is 7.27. The Morgan fingerprint density at radius 2 is 2.18 bits per heavy atom. The summed E-state index contributed by atoms with van der Waals surface area (Å²) in [5, 5.41) is 11.6. The van der Waals surface area contributed by atoms with Gasteiger partial charge in [-0.15, -0.1) is 12.4 Å². The molecule has 1 aromatic carbocycles. The standard InChI is InChI=1S/C15H19FN2O3.ClH/c16-12-4-1-5-13(9-12)17-14(19)6-8-18-7-2-3-11(10-18)15(20)21;/h1,4-5,9,11H,2-3,6-8,10H2,(H,17,19)(H,20,21);1H. The zero-order valence-corrected chi connectivity index (χ0v) is 12.9. The Morgan fingerprint density at radius 1 is 1.41 bits per heavy atom. The highest BCUT2D eigenvalue weighted by Crippen LogP contribution is 2.17. The molecule has 0 aliphatic carbocycles. The number of anilines is 1. The van der Waals surface area contributed by atoms with Gasteiger partial charge in [-0.1, -0.05) is 6.07 Å². The van der Waals surface area contributed by atoms with E-state index < -0.39 is 11.8 Å². The van der Waals surface area contributed by atoms with Crippen molar-refractivity contribution in [3.05, 3.63) is 30.1 Å². The highest BCUT2D eigenvalue weighted by molar-refractivity contribution is 5.90. The minimum absolute atomic E-state index is 0. The van der Waals surface area contributed by atoms with Crippen molar-refractivity contribution in [2.24, 2.45) is 5.92 Å². The molecule has 0 radical (unpaired) electrons. The summed E-state index contributed by atoms with van der Waals surface area (Å²) in [4.78, 5) is 24.8. The predicted molar refractivity (Wildman–Crippen MR) is 83.7 cm³/mol. The maximum atomic E-state index is 13.0. The van der Waals surface area contributed by atoms with Crippen molar-refractivity contribution >= 4 is 30.0 Å². The minimum atomic E-state index is -0.774. The van der Waals surface area contributed by atoms with Crippen LogP contribution < -0.4 is 5.32 Å². The second-order valence-corrected chi connectivity index (χ2v) is 5.29. The lowest BCUT2D eigenvalue weighted by Gasteiger charge is -2.30. The summed E-state index contributed by atoms with van der Waals surface area (Å²) in [6, 6.07) is 5.74. The molecular weight excluding hydrogens is 311 g/mol. The molecule has 1 saturated heterocycles. The Balaban J connectivity index is 0.00000242. The first-order valence-corrected chi connectivity index (χ1v) is 7.05. The number of carboxylic acid groups (broad SMARTS) is 1. The number of carbonyl (C=O) groups excluding carboxylic acids is 1. The number of amides is 1. The number of piperidine rings is 1. The van der Waals surface area contributed by atoms with Gasteiger partial charge < -0.3 is 15.3 Å². The van der Waals surface area contributed by atoms with Gasteiger partial charge in [0.05, 0.1) is 5.92 Å². The first kappa shape index (κ1) is 18.4. The van der Waals surface area contributed by atoms with E-state index in [9.17, 15) is 14.0 Å². The molecule has 1 amide bonds. The van der Waals surface area contributed by atoms with Crippen molar-refractivity contribution in [2.45, 2.75) is 19.3 Å². The van der Waals surface area contributed by atoms with E-state index in [1.165, 1.54) is 18.2 Å². The summed E-state index contributed by atoms with van der Waals surface area (Å²) in [7, 11) is 0. The molecule has 2 N–H and O–H groups in total. The molecule has 1 heterocycles. The summed E-state index contributed by atoms with van der Waals surface area (Å²) in [5.41, 5.74) is 0.432. The molecule has 5 nitrogen and oxygen atoms in total. The summed E-state index contributed by atoms with van der Waals surface area (Å²) in [6.07, 6.45) is 1.80. The molecule has 1 unspecified atom stereocenters. The van der Waals surface area contributed by atoms with Crippen molar-refractivity contribution in [2.75, 3.05) is 25.0 Å². The zero-order chi connectivity index (χ0) is 15.2. The largest absolute Gasteiger partial charge is 0.481 e. The number of nitrogens with one attached hydrogen (secondary N) is 1. The fraction of sp³-hybridized carbons (Fsp3) is 0.467. The average Bonchev–Trinajstić information content (AvgIpc) is 2.45. The van der Waals surface area contributed by atoms with Gasteiger partial charge in [0.1, 0.15) is 5.82 Å². The van der Waals surface area contributed by atoms with E-state index in [0.29, 0.717) is 25.2 Å². The van der Waals surface area contributed by atoms with E-state index in [-0.39, 0.29) is 30.7 Å². The molecule has 22 heavy (non-hydrogen) atoms. The Hall–Kier alpha value is -1.66. The molecule has 7 heteroatoms. The molecule has 0 bridgehead atoms. The molecule has 0 aromatic heterocycles. The van der Waals surface area contributed by atoms with Crippen LogP contribution in [-0.2, 0) is 9.59 Å². The van der Waals surface area contributed by atoms with E-state index in [1.54, 1.807) is 6.07 Å². The molecule has 1 aliphatic rings. The van der Waals surface area contributed by atoms with Crippen LogP contribution in [0.3, 0.4) is 0 Å². The van der Waals surface area contributed by atoms with Crippen molar-refractivity contribution < 1.29 is 19.1 Å². The normalized spacial score (nSPS) is 18.3. The van der Waals surface area contributed by atoms with Crippen molar-refractivity contribution in [3.63, 3.8) is 0 Å². The minimum Gasteiger partial charge on any atom is -0.481 e. The lowest BCUT2D eigenvalue weighted by molar-refractivity contribution is -0.143. The summed E-state index contributed by atoms with van der Waals surface area (Å²) in [6.45, 7) is 1.82. The maximum absolute atomic E-state index is 13.0. The predicted octanol–water partition coefficient (Wildman–Crippen LogP) is 2.37. The maximum Gasteiger partial charge on any atom is 0.307 e. The van der Waals surface area contributed by atoms with E-state index in [4.69, 9.17) is 5.11 Å². The number of benzene rings is 1. The smallest absolute Gasteiger partial charge is 0.307 e. The topological polar surface area (TPSA) is 69.6 Å². The number of carbonyl (C=O) groups is 2. The number of halogens is 2. The lowest BCUT2D eigenvalue weighted by Crippen LogP contribution is -2.40. The van der Waals surface area contributed by atoms with E-state index in [2.05, 4.69) is 5.32 Å². The summed E-state index contributed by atoms with van der Waals surface area (Å²) in [5.74, 6) is -1.71. The molecule has 122 valence electrons. The molecule has 0 spiro atoms. The number of hydrogen-bond acceptors (Lipinski definition) is 3. The first-order valence-electron chi connectivity index (χ1n) is 7.05. The van der Waals surface area contributed by atoms with Gasteiger partial charge in [-0.2, -0.15) is 0 Å². The van der Waals surface area contributed by atoms with E-state index in [0.717, 1.165) is 13.0 Å². The Morgan fingerprint density at radius 3 is 2.86 bits per heavy atom. The van der Waals surface area contributed by atoms with Crippen molar-refractivity contribution in [1.82, 2.24) is 4.90 Å². The molecule has 1 atom stereocenters. The van der Waals surface area contributed by atoms with Gasteiger partial charge in [0.2, 0.25) is 5.91 Å². The third kappa shape index (κ3) is 5.61. The van der Waals surface area contributed by atoms with Crippen LogP contribution >= 0.6 is 12.4 Å². The van der Waals surface area contributed by atoms with Crippen LogP contribution in [0.5, 0.6) is 0 Å². The summed E-state index contributed by atoms with van der Waals surface area (Å²) < 4.78 is 13.0. The highest BCUT2D eigenvalue weighted by atomic mass is 35.5. The fourth-order valence-electron chi connectivity index (χ4n) is 2.51. The number of aliphatic carboxylic acids is 1. The van der Waals surface area contributed by atoms with Crippen LogP contribution in [-0.4, -0.2) is 41.5 Å². The van der Waals surface area contributed by atoms with Crippen LogP contribution in [0.2, 0.25) is 0 Å². The highest BCUT2D eigenvalue weighted by Gasteiger charge is 2.25. The third-order valence-corrected chi connectivity index (χ3v) is 3.62. The third-order valence-electron chi connectivity index (χ3n) is 3.62. The van der Waals surface area contributed by atoms with Crippen molar-refractivity contribution in [1.29, 1.82) is 0 Å².